The van der Waals surface area contributed by atoms with Crippen LogP contribution < -0.4 is 26.5 Å². The summed E-state index contributed by atoms with van der Waals surface area (Å²) in [5, 5.41) is 2.84. The lowest BCUT2D eigenvalue weighted by atomic mass is 10.1. The van der Waals surface area contributed by atoms with Gasteiger partial charge < -0.3 is 14.6 Å². The third kappa shape index (κ3) is 10.6. The predicted molar refractivity (Wildman–Crippen MR) is 145 cm³/mol. The Morgan fingerprint density at radius 3 is 2.18 bits per heavy atom. The van der Waals surface area contributed by atoms with Gasteiger partial charge in [-0.1, -0.05) is 82.2 Å². The van der Waals surface area contributed by atoms with Crippen molar-refractivity contribution in [3.8, 4) is 0 Å². The van der Waals surface area contributed by atoms with Gasteiger partial charge in [-0.2, -0.15) is 0 Å². The Hall–Kier alpha value is -2.73. The fourth-order valence-electron chi connectivity index (χ4n) is 3.18. The molecule has 4 aromatic rings. The third-order valence-corrected chi connectivity index (χ3v) is 9.51. The predicted octanol–water partition coefficient (Wildman–Crippen LogP) is 2.95. The Morgan fingerprint density at radius 2 is 1.53 bits per heavy atom. The monoisotopic (exact) mass is 707 g/mol. The van der Waals surface area contributed by atoms with Gasteiger partial charge in [0.25, 0.3) is 0 Å². The van der Waals surface area contributed by atoms with E-state index in [9.17, 15) is 17.8 Å². The van der Waals surface area contributed by atoms with E-state index < -0.39 is 10.1 Å². The zero-order valence-electron chi connectivity index (χ0n) is 20.6. The van der Waals surface area contributed by atoms with Crippen molar-refractivity contribution in [2.45, 2.75) is 24.8 Å². The van der Waals surface area contributed by atoms with Gasteiger partial charge in [0, 0.05) is 16.6 Å². The molecule has 0 fully saturated rings. The van der Waals surface area contributed by atoms with Gasteiger partial charge in [0.2, 0.25) is 0 Å². The van der Waals surface area contributed by atoms with E-state index in [0.29, 0.717) is 6.54 Å². The number of rotatable bonds is 8. The van der Waals surface area contributed by atoms with Gasteiger partial charge in [0.05, 0.1) is 4.90 Å². The van der Waals surface area contributed by atoms with Crippen molar-refractivity contribution in [1.29, 1.82) is 0 Å². The fraction of sp³-hybridized carbons (Fsp3) is 0.138. The summed E-state index contributed by atoms with van der Waals surface area (Å²) in [6, 6.07) is 32.5. The molecule has 0 aliphatic heterocycles. The summed E-state index contributed by atoms with van der Waals surface area (Å²) in [7, 11) is -4.27. The number of amides is 1. The van der Waals surface area contributed by atoms with E-state index in [-0.39, 0.29) is 38.8 Å². The van der Waals surface area contributed by atoms with E-state index in [0.717, 1.165) is 22.0 Å². The quantitative estimate of drug-likeness (QED) is 0.225. The summed E-state index contributed by atoms with van der Waals surface area (Å²) in [6.45, 7) is 2.67. The topological polar surface area (TPSA) is 95.5 Å². The molecule has 0 heterocycles. The highest BCUT2D eigenvalue weighted by molar-refractivity contribution is 9.10. The number of benzene rings is 4. The third-order valence-electron chi connectivity index (χ3n) is 5.16. The van der Waals surface area contributed by atoms with Gasteiger partial charge in [0.1, 0.15) is 16.7 Å². The first-order valence-electron chi connectivity index (χ1n) is 11.7. The molecule has 1 amide bonds. The minimum absolute atomic E-state index is 0.178. The maximum absolute atomic E-state index is 11.9. The molecule has 9 heteroatoms. The van der Waals surface area contributed by atoms with Crippen LogP contribution >= 0.6 is 15.9 Å². The molecule has 0 unspecified atom stereocenters. The van der Waals surface area contributed by atoms with Gasteiger partial charge >= 0.3 is 27.3 Å². The number of alkyl carbamates (subject to hydrolysis) is 1. The molecule has 0 atom stereocenters. The van der Waals surface area contributed by atoms with E-state index in [1.165, 1.54) is 24.8 Å². The van der Waals surface area contributed by atoms with Crippen molar-refractivity contribution in [3.05, 3.63) is 131 Å². The van der Waals surface area contributed by atoms with Crippen LogP contribution in [0.3, 0.4) is 0 Å². The minimum Gasteiger partial charge on any atom is -0.744 e. The lowest BCUT2D eigenvalue weighted by Gasteiger charge is -2.07. The Kier molecular flexibility index (Phi) is 11.8. The molecule has 0 aliphatic rings. The fourth-order valence-corrected chi connectivity index (χ4v) is 6.49. The molecule has 0 aromatic heterocycles. The highest BCUT2D eigenvalue weighted by Gasteiger charge is 2.19. The van der Waals surface area contributed by atoms with Crippen LogP contribution in [0.15, 0.2) is 112 Å². The van der Waals surface area contributed by atoms with Crippen LogP contribution in [0.2, 0.25) is 0 Å². The number of carbonyl (C=O) groups is 1. The van der Waals surface area contributed by atoms with Crippen LogP contribution in [0.5, 0.6) is 0 Å². The first-order chi connectivity index (χ1) is 18.2. The van der Waals surface area contributed by atoms with Crippen molar-refractivity contribution >= 4 is 32.1 Å². The van der Waals surface area contributed by atoms with Gasteiger partial charge in [-0.15, -0.1) is 0 Å². The first-order valence-corrected chi connectivity index (χ1v) is 16.0. The maximum atomic E-state index is 11.9. The summed E-state index contributed by atoms with van der Waals surface area (Å²) >= 11 is 3.24. The van der Waals surface area contributed by atoms with Crippen molar-refractivity contribution in [2.24, 2.45) is 0 Å². The van der Waals surface area contributed by atoms with E-state index >= 15 is 0 Å². The number of hydrogen-bond acceptors (Lipinski definition) is 5. The molecule has 6 nitrogen and oxygen atoms in total. The average molecular weight is 708 g/mol. The second kappa shape index (κ2) is 15.0. The summed E-state index contributed by atoms with van der Waals surface area (Å²) in [6.07, 6.45) is 0.422. The Bertz CT molecular complexity index is 1410. The highest BCUT2D eigenvalue weighted by Crippen LogP contribution is 2.09. The number of nitrogens with one attached hydrogen (secondary N) is 1. The van der Waals surface area contributed by atoms with Gasteiger partial charge in [-0.05, 0) is 61.4 Å². The number of aryl methyl sites for hydroxylation is 1. The molecule has 0 spiro atoms. The zero-order valence-corrected chi connectivity index (χ0v) is 25.2. The van der Waals surface area contributed by atoms with Crippen molar-refractivity contribution in [2.75, 3.05) is 6.54 Å². The molecule has 0 radical (unpaired) electrons. The molecule has 1 N–H and O–H groups in total. The second-order valence-corrected chi connectivity index (χ2v) is 13.4. The SMILES string of the molecule is Cc1ccc(S(=O)(=O)[O-])cc1.O=C(NCCc1ccccc1[I+]c1ccc(Br)cc1)OCc1ccccc1. The average Bonchev–Trinajstić information content (AvgIpc) is 2.90. The standard InChI is InChI=1S/C22H19BrINO2.C7H8O3S/c23-19-10-12-20(13-11-19)24-21-9-5-4-8-18(21)14-15-25-22(26)27-16-17-6-2-1-3-7-17;1-6-2-4-7(5-3-6)11(8,9)10/h1-13H,14-16H2;2-5H,1H3,(H,8,9,10). The second-order valence-electron chi connectivity index (χ2n) is 8.13. The molecule has 4 aromatic carbocycles. The summed E-state index contributed by atoms with van der Waals surface area (Å²) in [5.41, 5.74) is 3.20. The van der Waals surface area contributed by atoms with E-state index in [4.69, 9.17) is 4.74 Å². The Labute approximate surface area is 242 Å². The normalized spacial score (nSPS) is 10.7. The van der Waals surface area contributed by atoms with Gasteiger partial charge in [0.15, 0.2) is 7.14 Å². The summed E-state index contributed by atoms with van der Waals surface area (Å²) in [4.78, 5) is 11.7. The molecule has 198 valence electrons. The number of halogens is 2. The van der Waals surface area contributed by atoms with Crippen LogP contribution in [0.4, 0.5) is 4.79 Å². The summed E-state index contributed by atoms with van der Waals surface area (Å²) in [5.74, 6) is 0. The van der Waals surface area contributed by atoms with Gasteiger partial charge in [-0.25, -0.2) is 13.2 Å². The molecule has 0 aliphatic carbocycles. The largest absolute Gasteiger partial charge is 0.744 e. The Balaban J connectivity index is 0.000000304. The lowest BCUT2D eigenvalue weighted by Crippen LogP contribution is -3.61. The Morgan fingerprint density at radius 1 is 0.895 bits per heavy atom. The van der Waals surface area contributed by atoms with Crippen LogP contribution in [0.1, 0.15) is 16.7 Å². The number of ether oxygens (including phenoxy) is 1. The van der Waals surface area contributed by atoms with Crippen LogP contribution in [0, 0.1) is 14.1 Å². The smallest absolute Gasteiger partial charge is 0.407 e. The first kappa shape index (κ1) is 29.8. The minimum atomic E-state index is -4.27. The van der Waals surface area contributed by atoms with Crippen molar-refractivity contribution in [1.82, 2.24) is 5.32 Å². The van der Waals surface area contributed by atoms with Crippen LogP contribution in [-0.2, 0) is 27.9 Å². The van der Waals surface area contributed by atoms with Crippen LogP contribution in [0.25, 0.3) is 0 Å². The van der Waals surface area contributed by atoms with Crippen molar-refractivity contribution < 1.29 is 43.7 Å². The van der Waals surface area contributed by atoms with E-state index in [1.807, 2.05) is 37.3 Å². The molecule has 0 bridgehead atoms. The number of hydrogen-bond donors (Lipinski definition) is 1. The van der Waals surface area contributed by atoms with Crippen LogP contribution in [-0.4, -0.2) is 25.6 Å². The highest BCUT2D eigenvalue weighted by atomic mass is 127. The number of carbonyl (C=O) groups excluding carboxylic acids is 1. The zero-order chi connectivity index (χ0) is 27.4. The lowest BCUT2D eigenvalue weighted by molar-refractivity contribution is -0.598. The van der Waals surface area contributed by atoms with E-state index in [1.54, 1.807) is 12.1 Å². The molecule has 0 saturated carbocycles. The molecular formula is C29H27BrINO5S. The molecule has 38 heavy (non-hydrogen) atoms. The molecule has 0 saturated heterocycles. The summed E-state index contributed by atoms with van der Waals surface area (Å²) < 4.78 is 40.3. The van der Waals surface area contributed by atoms with Crippen molar-refractivity contribution in [3.63, 3.8) is 0 Å². The van der Waals surface area contributed by atoms with Gasteiger partial charge in [-0.3, -0.25) is 0 Å². The maximum Gasteiger partial charge on any atom is 0.407 e. The molecule has 4 rings (SSSR count). The molecular weight excluding hydrogens is 681 g/mol. The van der Waals surface area contributed by atoms with E-state index in [2.05, 4.69) is 69.8 Å².